The minimum Gasteiger partial charge on any atom is -0.385 e. The fraction of sp³-hybridized carbons (Fsp3) is 0.231. The number of terminal acetylenes is 1. The fourth-order valence-electron chi connectivity index (χ4n) is 1.11. The van der Waals surface area contributed by atoms with E-state index < -0.39 is 5.60 Å². The van der Waals surface area contributed by atoms with Crippen LogP contribution in [0.1, 0.15) is 18.9 Å². The maximum Gasteiger partial charge on any atom is 0.0911 e. The van der Waals surface area contributed by atoms with Gasteiger partial charge in [0, 0.05) is 6.42 Å². The van der Waals surface area contributed by atoms with Crippen molar-refractivity contribution < 1.29 is 5.11 Å². The molecule has 0 unspecified atom stereocenters. The third-order valence-electron chi connectivity index (χ3n) is 1.89. The number of benzene rings is 1. The third-order valence-corrected chi connectivity index (χ3v) is 1.89. The quantitative estimate of drug-likeness (QED) is 0.719. The van der Waals surface area contributed by atoms with E-state index in [0.717, 1.165) is 5.56 Å². The first-order valence-electron chi connectivity index (χ1n) is 4.54. The van der Waals surface area contributed by atoms with E-state index in [2.05, 4.69) is 5.92 Å². The lowest BCUT2D eigenvalue weighted by Gasteiger charge is -2.14. The van der Waals surface area contributed by atoms with Crippen molar-refractivity contribution in [1.82, 2.24) is 0 Å². The first-order valence-corrected chi connectivity index (χ1v) is 4.54. The van der Waals surface area contributed by atoms with Crippen LogP contribution in [0.25, 0.3) is 6.08 Å². The summed E-state index contributed by atoms with van der Waals surface area (Å²) in [6.07, 6.45) is 9.07. The zero-order valence-corrected chi connectivity index (χ0v) is 8.27. The highest BCUT2D eigenvalue weighted by Gasteiger charge is 2.13. The number of hydrogen-bond acceptors (Lipinski definition) is 1. The Morgan fingerprint density at radius 3 is 2.64 bits per heavy atom. The lowest BCUT2D eigenvalue weighted by Crippen LogP contribution is -2.19. The van der Waals surface area contributed by atoms with Crippen LogP contribution in [0.4, 0.5) is 0 Å². The highest BCUT2D eigenvalue weighted by molar-refractivity contribution is 5.50. The molecule has 1 aromatic rings. The summed E-state index contributed by atoms with van der Waals surface area (Å²) in [5.74, 6) is 2.44. The Hall–Kier alpha value is -1.52. The standard InChI is InChI=1S/C13H14O/c1-3-10-13(2,14)11-9-12-7-5-4-6-8-12/h1,4-9,11,14H,10H2,2H3/b11-9+/t13-/m0/s1. The Labute approximate surface area is 85.1 Å². The van der Waals surface area contributed by atoms with Gasteiger partial charge in [-0.05, 0) is 12.5 Å². The molecule has 1 atom stereocenters. The van der Waals surface area contributed by atoms with Gasteiger partial charge in [-0.1, -0.05) is 42.5 Å². The molecule has 0 radical (unpaired) electrons. The van der Waals surface area contributed by atoms with Crippen LogP contribution in [0.2, 0.25) is 0 Å². The summed E-state index contributed by atoms with van der Waals surface area (Å²) in [5, 5.41) is 9.75. The first kappa shape index (κ1) is 10.6. The van der Waals surface area contributed by atoms with E-state index in [1.54, 1.807) is 13.0 Å². The molecule has 0 aliphatic heterocycles. The molecule has 0 amide bonds. The molecule has 0 spiro atoms. The maximum absolute atomic E-state index is 9.75. The molecule has 1 rings (SSSR count). The summed E-state index contributed by atoms with van der Waals surface area (Å²) in [6, 6.07) is 9.81. The van der Waals surface area contributed by atoms with Crippen LogP contribution >= 0.6 is 0 Å². The van der Waals surface area contributed by atoms with Crippen LogP contribution in [0.3, 0.4) is 0 Å². The van der Waals surface area contributed by atoms with Gasteiger partial charge in [0.05, 0.1) is 5.60 Å². The molecule has 0 saturated heterocycles. The van der Waals surface area contributed by atoms with Gasteiger partial charge in [0.2, 0.25) is 0 Å². The maximum atomic E-state index is 9.75. The first-order chi connectivity index (χ1) is 6.64. The summed E-state index contributed by atoms with van der Waals surface area (Å²) < 4.78 is 0. The van der Waals surface area contributed by atoms with Crippen LogP contribution < -0.4 is 0 Å². The van der Waals surface area contributed by atoms with Crippen LogP contribution in [0.5, 0.6) is 0 Å². The molecule has 1 aromatic carbocycles. The molecular weight excluding hydrogens is 172 g/mol. The van der Waals surface area contributed by atoms with Crippen LogP contribution in [0, 0.1) is 12.3 Å². The van der Waals surface area contributed by atoms with Crippen molar-refractivity contribution in [2.24, 2.45) is 0 Å². The van der Waals surface area contributed by atoms with E-state index in [1.165, 1.54) is 0 Å². The molecule has 0 aromatic heterocycles. The summed E-state index contributed by atoms with van der Waals surface area (Å²) in [5.41, 5.74) is 0.148. The Bertz CT molecular complexity index is 341. The molecule has 1 heteroatoms. The van der Waals surface area contributed by atoms with E-state index in [4.69, 9.17) is 6.42 Å². The van der Waals surface area contributed by atoms with Gasteiger partial charge in [-0.3, -0.25) is 0 Å². The molecule has 1 nitrogen and oxygen atoms in total. The molecule has 0 bridgehead atoms. The van der Waals surface area contributed by atoms with E-state index >= 15 is 0 Å². The monoisotopic (exact) mass is 186 g/mol. The topological polar surface area (TPSA) is 20.2 Å². The number of aliphatic hydroxyl groups is 1. The van der Waals surface area contributed by atoms with Crippen LogP contribution in [-0.4, -0.2) is 10.7 Å². The predicted octanol–water partition coefficient (Wildman–Crippen LogP) is 2.47. The Kier molecular flexibility index (Phi) is 3.50. The summed E-state index contributed by atoms with van der Waals surface area (Å²) in [6.45, 7) is 1.70. The van der Waals surface area contributed by atoms with Gasteiger partial charge in [0.25, 0.3) is 0 Å². The van der Waals surface area contributed by atoms with Gasteiger partial charge < -0.3 is 5.11 Å². The number of hydrogen-bond donors (Lipinski definition) is 1. The lowest BCUT2D eigenvalue weighted by atomic mass is 10.0. The molecule has 0 heterocycles. The van der Waals surface area contributed by atoms with E-state index in [0.29, 0.717) is 6.42 Å². The van der Waals surface area contributed by atoms with Gasteiger partial charge >= 0.3 is 0 Å². The minimum atomic E-state index is -0.912. The van der Waals surface area contributed by atoms with Gasteiger partial charge in [0.15, 0.2) is 0 Å². The SMILES string of the molecule is C#CC[C@](C)(O)/C=C/c1ccccc1. The highest BCUT2D eigenvalue weighted by Crippen LogP contribution is 2.12. The van der Waals surface area contributed by atoms with Crippen LogP contribution in [0.15, 0.2) is 36.4 Å². The molecular formula is C13H14O. The second kappa shape index (κ2) is 4.64. The molecule has 1 N–H and O–H groups in total. The Morgan fingerprint density at radius 1 is 1.43 bits per heavy atom. The van der Waals surface area contributed by atoms with Crippen molar-refractivity contribution in [1.29, 1.82) is 0 Å². The largest absolute Gasteiger partial charge is 0.385 e. The fourth-order valence-corrected chi connectivity index (χ4v) is 1.11. The van der Waals surface area contributed by atoms with Crippen molar-refractivity contribution in [3.05, 3.63) is 42.0 Å². The van der Waals surface area contributed by atoms with Crippen LogP contribution in [-0.2, 0) is 0 Å². The van der Waals surface area contributed by atoms with Crippen molar-refractivity contribution in [2.75, 3.05) is 0 Å². The molecule has 0 saturated carbocycles. The smallest absolute Gasteiger partial charge is 0.0911 e. The van der Waals surface area contributed by atoms with Crippen molar-refractivity contribution in [3.63, 3.8) is 0 Å². The van der Waals surface area contributed by atoms with E-state index in [9.17, 15) is 5.11 Å². The third kappa shape index (κ3) is 3.47. The van der Waals surface area contributed by atoms with Gasteiger partial charge in [0.1, 0.15) is 0 Å². The van der Waals surface area contributed by atoms with E-state index in [-0.39, 0.29) is 0 Å². The molecule has 0 aliphatic carbocycles. The second-order valence-electron chi connectivity index (χ2n) is 3.48. The average Bonchev–Trinajstić information content (AvgIpc) is 2.17. The normalized spacial score (nSPS) is 14.9. The van der Waals surface area contributed by atoms with Crippen molar-refractivity contribution in [3.8, 4) is 12.3 Å². The van der Waals surface area contributed by atoms with Crippen molar-refractivity contribution in [2.45, 2.75) is 18.9 Å². The Morgan fingerprint density at radius 2 is 2.07 bits per heavy atom. The zero-order valence-electron chi connectivity index (χ0n) is 8.27. The summed E-state index contributed by atoms with van der Waals surface area (Å²) >= 11 is 0. The van der Waals surface area contributed by atoms with Gasteiger partial charge in [-0.25, -0.2) is 0 Å². The molecule has 0 aliphatic rings. The zero-order chi connectivity index (χ0) is 10.4. The Balaban J connectivity index is 2.70. The predicted molar refractivity (Wildman–Crippen MR) is 59.5 cm³/mol. The van der Waals surface area contributed by atoms with Gasteiger partial charge in [-0.2, -0.15) is 0 Å². The summed E-state index contributed by atoms with van der Waals surface area (Å²) in [7, 11) is 0. The number of rotatable bonds is 3. The molecule has 0 fully saturated rings. The lowest BCUT2D eigenvalue weighted by molar-refractivity contribution is 0.118. The highest BCUT2D eigenvalue weighted by atomic mass is 16.3. The van der Waals surface area contributed by atoms with Crippen molar-refractivity contribution >= 4 is 6.08 Å². The summed E-state index contributed by atoms with van der Waals surface area (Å²) in [4.78, 5) is 0. The van der Waals surface area contributed by atoms with Gasteiger partial charge in [-0.15, -0.1) is 12.3 Å². The van der Waals surface area contributed by atoms with E-state index in [1.807, 2.05) is 36.4 Å². The minimum absolute atomic E-state index is 0.330. The molecule has 72 valence electrons. The second-order valence-corrected chi connectivity index (χ2v) is 3.48. The average molecular weight is 186 g/mol. The molecule has 14 heavy (non-hydrogen) atoms.